The molecule has 0 bridgehead atoms. The fourth-order valence-corrected chi connectivity index (χ4v) is 6.63. The Morgan fingerprint density at radius 2 is 2.03 bits per heavy atom. The molecule has 6 nitrogen and oxygen atoms in total. The molecule has 160 valence electrons. The fourth-order valence-electron chi connectivity index (χ4n) is 3.67. The molecule has 9 heteroatoms. The van der Waals surface area contributed by atoms with Gasteiger partial charge in [0.05, 0.1) is 21.7 Å². The van der Waals surface area contributed by atoms with Crippen molar-refractivity contribution in [2.45, 2.75) is 37.2 Å². The van der Waals surface area contributed by atoms with E-state index >= 15 is 0 Å². The molecule has 4 rings (SSSR count). The largest absolute Gasteiger partial charge is 0.305 e. The summed E-state index contributed by atoms with van der Waals surface area (Å²) in [4.78, 5) is 18.0. The quantitative estimate of drug-likeness (QED) is 0.544. The number of rotatable bonds is 4. The van der Waals surface area contributed by atoms with Crippen LogP contribution >= 0.6 is 22.9 Å². The number of sulfonamides is 1. The first-order valence-electron chi connectivity index (χ1n) is 9.71. The van der Waals surface area contributed by atoms with Crippen LogP contribution in [0.2, 0.25) is 5.02 Å². The van der Waals surface area contributed by atoms with Gasteiger partial charge in [-0.15, -0.1) is 6.42 Å². The molecule has 31 heavy (non-hydrogen) atoms. The number of aryl methyl sites for hydroxylation is 1. The second-order valence-corrected chi connectivity index (χ2v) is 10.7. The maximum absolute atomic E-state index is 13.1. The van der Waals surface area contributed by atoms with Crippen molar-refractivity contribution >= 4 is 49.1 Å². The molecule has 0 N–H and O–H groups in total. The highest BCUT2D eigenvalue weighted by Gasteiger charge is 2.39. The Labute approximate surface area is 189 Å². The van der Waals surface area contributed by atoms with Gasteiger partial charge in [0.1, 0.15) is 6.04 Å². The number of nitrogens with zero attached hydrogens (tertiary/aromatic N) is 3. The Bertz CT molecular complexity index is 1370. The van der Waals surface area contributed by atoms with E-state index in [0.717, 1.165) is 15.8 Å². The second kappa shape index (κ2) is 8.60. The summed E-state index contributed by atoms with van der Waals surface area (Å²) in [5, 5.41) is 0.575. The van der Waals surface area contributed by atoms with Crippen molar-refractivity contribution in [3.05, 3.63) is 57.9 Å². The lowest BCUT2D eigenvalue weighted by molar-refractivity contribution is -0.121. The van der Waals surface area contributed by atoms with E-state index in [4.69, 9.17) is 18.0 Å². The highest BCUT2D eigenvalue weighted by molar-refractivity contribution is 7.89. The van der Waals surface area contributed by atoms with E-state index in [1.54, 1.807) is 41.0 Å². The molecule has 1 atom stereocenters. The van der Waals surface area contributed by atoms with Crippen molar-refractivity contribution in [2.24, 2.45) is 4.99 Å². The average molecular weight is 474 g/mol. The molecule has 2 heterocycles. The Balaban J connectivity index is 1.72. The van der Waals surface area contributed by atoms with Gasteiger partial charge in [-0.05, 0) is 50.1 Å². The molecule has 0 saturated carbocycles. The number of carbonyl (C=O) groups excluding carboxylic acids is 1. The van der Waals surface area contributed by atoms with Crippen LogP contribution in [0.25, 0.3) is 10.2 Å². The van der Waals surface area contributed by atoms with E-state index in [-0.39, 0.29) is 18.0 Å². The molecule has 1 aliphatic heterocycles. The minimum Gasteiger partial charge on any atom is -0.305 e. The Morgan fingerprint density at radius 3 is 2.74 bits per heavy atom. The summed E-state index contributed by atoms with van der Waals surface area (Å²) in [6, 6.07) is 11.2. The number of aromatic nitrogens is 1. The van der Waals surface area contributed by atoms with Crippen molar-refractivity contribution in [2.75, 3.05) is 6.54 Å². The summed E-state index contributed by atoms with van der Waals surface area (Å²) in [5.41, 5.74) is 1.79. The van der Waals surface area contributed by atoms with Crippen LogP contribution in [0.4, 0.5) is 0 Å². The highest BCUT2D eigenvalue weighted by atomic mass is 35.5. The second-order valence-electron chi connectivity index (χ2n) is 7.32. The molecule has 0 radical (unpaired) electrons. The van der Waals surface area contributed by atoms with Gasteiger partial charge in [0.25, 0.3) is 5.91 Å². The van der Waals surface area contributed by atoms with E-state index in [0.29, 0.717) is 22.7 Å². The van der Waals surface area contributed by atoms with Crippen LogP contribution in [0.5, 0.6) is 0 Å². The van der Waals surface area contributed by atoms with E-state index in [2.05, 4.69) is 10.9 Å². The zero-order valence-corrected chi connectivity index (χ0v) is 19.2. The van der Waals surface area contributed by atoms with Gasteiger partial charge in [-0.1, -0.05) is 46.6 Å². The lowest BCUT2D eigenvalue weighted by Crippen LogP contribution is -2.40. The number of carbonyl (C=O) groups is 1. The molecule has 3 aromatic rings. The minimum atomic E-state index is -3.79. The number of halogens is 1. The van der Waals surface area contributed by atoms with Gasteiger partial charge in [-0.3, -0.25) is 4.79 Å². The third-order valence-electron chi connectivity index (χ3n) is 5.22. The SMILES string of the molecule is C#CCn1c(=NC(=O)C2CCCN2S(=O)(=O)c2ccc(C)cc2)sc2cc(Cl)ccc21. The molecule has 1 fully saturated rings. The van der Waals surface area contributed by atoms with Gasteiger partial charge in [-0.2, -0.15) is 9.30 Å². The predicted molar refractivity (Wildman–Crippen MR) is 122 cm³/mol. The lowest BCUT2D eigenvalue weighted by Gasteiger charge is -2.21. The number of fused-ring (bicyclic) bond motifs is 1. The summed E-state index contributed by atoms with van der Waals surface area (Å²) in [7, 11) is -3.79. The standard InChI is InChI=1S/C22H20ClN3O3S2/c1-3-12-25-18-11-8-16(23)14-20(18)30-22(25)24-21(27)19-5-4-13-26(19)31(28,29)17-9-6-15(2)7-10-17/h1,6-11,14,19H,4-5,12-13H2,2H3. The van der Waals surface area contributed by atoms with Gasteiger partial charge in [-0.25, -0.2) is 8.42 Å². The van der Waals surface area contributed by atoms with Crippen molar-refractivity contribution in [1.82, 2.24) is 8.87 Å². The van der Waals surface area contributed by atoms with Crippen molar-refractivity contribution in [1.29, 1.82) is 0 Å². The van der Waals surface area contributed by atoms with Crippen LogP contribution in [-0.2, 0) is 21.4 Å². The smallest absolute Gasteiger partial charge is 0.266 e. The van der Waals surface area contributed by atoms with Crippen LogP contribution in [0.3, 0.4) is 0 Å². The molecule has 1 unspecified atom stereocenters. The molecule has 1 amide bonds. The summed E-state index contributed by atoms with van der Waals surface area (Å²) in [6.07, 6.45) is 6.54. The first kappa shape index (κ1) is 21.8. The fraction of sp³-hybridized carbons (Fsp3) is 0.273. The molecular formula is C22H20ClN3O3S2. The monoisotopic (exact) mass is 473 g/mol. The maximum atomic E-state index is 13.1. The maximum Gasteiger partial charge on any atom is 0.266 e. The van der Waals surface area contributed by atoms with E-state index in [9.17, 15) is 13.2 Å². The molecule has 1 saturated heterocycles. The zero-order valence-electron chi connectivity index (χ0n) is 16.8. The lowest BCUT2D eigenvalue weighted by atomic mass is 10.2. The number of hydrogen-bond donors (Lipinski definition) is 0. The number of amides is 1. The number of hydrogen-bond acceptors (Lipinski definition) is 4. The van der Waals surface area contributed by atoms with E-state index < -0.39 is 22.0 Å². The summed E-state index contributed by atoms with van der Waals surface area (Å²) < 4.78 is 30.2. The summed E-state index contributed by atoms with van der Waals surface area (Å²) in [6.45, 7) is 2.42. The minimum absolute atomic E-state index is 0.177. The van der Waals surface area contributed by atoms with Gasteiger partial charge in [0.2, 0.25) is 10.0 Å². The first-order valence-corrected chi connectivity index (χ1v) is 12.3. The van der Waals surface area contributed by atoms with Gasteiger partial charge in [0.15, 0.2) is 4.80 Å². The highest BCUT2D eigenvalue weighted by Crippen LogP contribution is 2.27. The summed E-state index contributed by atoms with van der Waals surface area (Å²) in [5.74, 6) is 2.09. The van der Waals surface area contributed by atoms with Crippen LogP contribution in [0.15, 0.2) is 52.4 Å². The topological polar surface area (TPSA) is 71.7 Å². The van der Waals surface area contributed by atoms with Crippen LogP contribution in [0.1, 0.15) is 18.4 Å². The Kier molecular flexibility index (Phi) is 6.04. The van der Waals surface area contributed by atoms with Crippen LogP contribution < -0.4 is 4.80 Å². The van der Waals surface area contributed by atoms with Crippen LogP contribution in [-0.4, -0.2) is 35.8 Å². The van der Waals surface area contributed by atoms with Gasteiger partial charge >= 0.3 is 0 Å². The van der Waals surface area contributed by atoms with Crippen molar-refractivity contribution < 1.29 is 13.2 Å². The molecule has 2 aromatic carbocycles. The third kappa shape index (κ3) is 4.19. The van der Waals surface area contributed by atoms with Crippen molar-refractivity contribution in [3.63, 3.8) is 0 Å². The molecule has 1 aromatic heterocycles. The molecule has 1 aliphatic rings. The number of benzene rings is 2. The Morgan fingerprint density at radius 1 is 1.29 bits per heavy atom. The number of terminal acetylenes is 1. The average Bonchev–Trinajstić information content (AvgIpc) is 3.34. The predicted octanol–water partition coefficient (Wildman–Crippen LogP) is 3.58. The zero-order chi connectivity index (χ0) is 22.2. The van der Waals surface area contributed by atoms with Crippen LogP contribution in [0, 0.1) is 19.3 Å². The molecule has 0 spiro atoms. The molecular weight excluding hydrogens is 454 g/mol. The Hall–Kier alpha value is -2.44. The third-order valence-corrected chi connectivity index (χ3v) is 8.42. The van der Waals surface area contributed by atoms with Crippen molar-refractivity contribution in [3.8, 4) is 12.3 Å². The van der Waals surface area contributed by atoms with Gasteiger partial charge in [0, 0.05) is 11.6 Å². The van der Waals surface area contributed by atoms with Gasteiger partial charge < -0.3 is 4.57 Å². The first-order chi connectivity index (χ1) is 14.8. The normalized spacial score (nSPS) is 17.8. The van der Waals surface area contributed by atoms with E-state index in [1.165, 1.54) is 15.6 Å². The van der Waals surface area contributed by atoms with E-state index in [1.807, 2.05) is 13.0 Å². The summed E-state index contributed by atoms with van der Waals surface area (Å²) >= 11 is 7.39. The number of thiazole rings is 1. The molecule has 0 aliphatic carbocycles.